The van der Waals surface area contributed by atoms with Crippen LogP contribution in [0.15, 0.2) is 34.9 Å². The Morgan fingerprint density at radius 1 is 1.37 bits per heavy atom. The first-order valence-electron chi connectivity index (χ1n) is 6.36. The Balaban J connectivity index is 2.24. The van der Waals surface area contributed by atoms with E-state index in [9.17, 15) is 4.79 Å². The Kier molecular flexibility index (Phi) is 3.62. The minimum Gasteiger partial charge on any atom is -0.463 e. The van der Waals surface area contributed by atoms with Gasteiger partial charge in [-0.1, -0.05) is 32.0 Å². The van der Waals surface area contributed by atoms with Crippen molar-refractivity contribution in [2.45, 2.75) is 13.8 Å². The lowest BCUT2D eigenvalue weighted by molar-refractivity contribution is 0.0741. The summed E-state index contributed by atoms with van der Waals surface area (Å²) in [4.78, 5) is 14.1. The summed E-state index contributed by atoms with van der Waals surface area (Å²) >= 11 is 0. The monoisotopic (exact) mass is 260 g/mol. The number of para-hydroxylation sites is 1. The minimum absolute atomic E-state index is 0.0357. The zero-order valence-electron chi connectivity index (χ0n) is 11.6. The number of nitrogens with zero attached hydrogens (tertiary/aromatic N) is 1. The summed E-state index contributed by atoms with van der Waals surface area (Å²) in [6.07, 6.45) is 1.53. The smallest absolute Gasteiger partial charge is 0.257 e. The fourth-order valence-corrected chi connectivity index (χ4v) is 2.13. The summed E-state index contributed by atoms with van der Waals surface area (Å²) in [5.74, 6) is -0.0357. The van der Waals surface area contributed by atoms with Gasteiger partial charge in [-0.25, -0.2) is 0 Å². The number of carbonyl (C=O) groups is 1. The minimum atomic E-state index is -0.0933. The molecule has 0 saturated carbocycles. The van der Waals surface area contributed by atoms with E-state index >= 15 is 0 Å². The number of rotatable bonds is 4. The molecule has 102 valence electrons. The molecule has 0 spiro atoms. The number of fused-ring (bicyclic) bond motifs is 1. The molecular weight excluding hydrogens is 240 g/mol. The number of carbonyl (C=O) groups excluding carboxylic acids is 1. The number of benzene rings is 1. The first-order chi connectivity index (χ1) is 8.94. The lowest BCUT2D eigenvalue weighted by Gasteiger charge is -2.28. The van der Waals surface area contributed by atoms with Crippen molar-refractivity contribution in [1.82, 2.24) is 4.90 Å². The average Bonchev–Trinajstić information content (AvgIpc) is 2.81. The van der Waals surface area contributed by atoms with Crippen LogP contribution < -0.4 is 5.73 Å². The summed E-state index contributed by atoms with van der Waals surface area (Å²) in [5.41, 5.74) is 6.95. The van der Waals surface area contributed by atoms with Gasteiger partial charge in [0.15, 0.2) is 0 Å². The molecule has 0 atom stereocenters. The van der Waals surface area contributed by atoms with Crippen LogP contribution in [-0.4, -0.2) is 30.9 Å². The highest BCUT2D eigenvalue weighted by Crippen LogP contribution is 2.23. The fraction of sp³-hybridized carbons (Fsp3) is 0.400. The highest BCUT2D eigenvalue weighted by molar-refractivity contribution is 6.05. The maximum Gasteiger partial charge on any atom is 0.257 e. The van der Waals surface area contributed by atoms with Crippen LogP contribution >= 0.6 is 0 Å². The molecule has 0 bridgehead atoms. The first-order valence-corrected chi connectivity index (χ1v) is 6.36. The van der Waals surface area contributed by atoms with Gasteiger partial charge < -0.3 is 15.1 Å². The largest absolute Gasteiger partial charge is 0.463 e. The van der Waals surface area contributed by atoms with E-state index < -0.39 is 0 Å². The predicted molar refractivity (Wildman–Crippen MR) is 76.0 cm³/mol. The summed E-state index contributed by atoms with van der Waals surface area (Å²) in [5, 5.41) is 0.852. The number of amides is 1. The third kappa shape index (κ3) is 2.79. The Hall–Kier alpha value is -1.81. The fourth-order valence-electron chi connectivity index (χ4n) is 2.13. The van der Waals surface area contributed by atoms with E-state index in [1.54, 1.807) is 11.9 Å². The topological polar surface area (TPSA) is 59.5 Å². The molecule has 0 aliphatic carbocycles. The van der Waals surface area contributed by atoms with Crippen LogP contribution in [0.1, 0.15) is 24.2 Å². The molecule has 19 heavy (non-hydrogen) atoms. The van der Waals surface area contributed by atoms with Gasteiger partial charge in [-0.2, -0.15) is 0 Å². The average molecular weight is 260 g/mol. The van der Waals surface area contributed by atoms with E-state index in [0.29, 0.717) is 18.7 Å². The molecule has 1 aromatic heterocycles. The lowest BCUT2D eigenvalue weighted by Crippen LogP contribution is -2.39. The highest BCUT2D eigenvalue weighted by atomic mass is 16.3. The van der Waals surface area contributed by atoms with Gasteiger partial charge in [-0.15, -0.1) is 0 Å². The molecule has 4 heteroatoms. The van der Waals surface area contributed by atoms with Gasteiger partial charge in [0.25, 0.3) is 5.91 Å². The molecular formula is C15H20N2O2. The third-order valence-electron chi connectivity index (χ3n) is 3.28. The van der Waals surface area contributed by atoms with Crippen molar-refractivity contribution in [1.29, 1.82) is 0 Å². The molecule has 1 amide bonds. The van der Waals surface area contributed by atoms with Crippen LogP contribution in [0.5, 0.6) is 0 Å². The van der Waals surface area contributed by atoms with Gasteiger partial charge in [0.05, 0.1) is 5.56 Å². The van der Waals surface area contributed by atoms with E-state index in [0.717, 1.165) is 11.0 Å². The van der Waals surface area contributed by atoms with Crippen molar-refractivity contribution in [3.8, 4) is 0 Å². The number of nitrogens with two attached hydrogens (primary N) is 1. The summed E-state index contributed by atoms with van der Waals surface area (Å²) in [6, 6.07) is 7.55. The number of furan rings is 1. The normalized spacial score (nSPS) is 11.8. The van der Waals surface area contributed by atoms with Gasteiger partial charge in [0, 0.05) is 19.0 Å². The Bertz CT molecular complexity index is 587. The molecule has 2 rings (SSSR count). The third-order valence-corrected chi connectivity index (χ3v) is 3.28. The quantitative estimate of drug-likeness (QED) is 0.918. The second kappa shape index (κ2) is 5.05. The Morgan fingerprint density at radius 3 is 2.74 bits per heavy atom. The van der Waals surface area contributed by atoms with E-state index in [1.807, 2.05) is 38.1 Å². The van der Waals surface area contributed by atoms with Gasteiger partial charge in [-0.3, -0.25) is 4.79 Å². The second-order valence-electron chi connectivity index (χ2n) is 5.68. The maximum absolute atomic E-state index is 12.4. The zero-order valence-corrected chi connectivity index (χ0v) is 11.6. The van der Waals surface area contributed by atoms with Gasteiger partial charge in [0.2, 0.25) is 0 Å². The van der Waals surface area contributed by atoms with Crippen LogP contribution in [0, 0.1) is 5.41 Å². The first kappa shape index (κ1) is 13.6. The van der Waals surface area contributed by atoms with Gasteiger partial charge in [-0.05, 0) is 18.0 Å². The van der Waals surface area contributed by atoms with Crippen molar-refractivity contribution in [2.75, 3.05) is 20.1 Å². The van der Waals surface area contributed by atoms with Crippen LogP contribution in [0.4, 0.5) is 0 Å². The van der Waals surface area contributed by atoms with E-state index in [4.69, 9.17) is 10.2 Å². The Morgan fingerprint density at radius 2 is 2.05 bits per heavy atom. The Labute approximate surface area is 113 Å². The molecule has 1 aromatic carbocycles. The van der Waals surface area contributed by atoms with Crippen molar-refractivity contribution in [3.63, 3.8) is 0 Å². The van der Waals surface area contributed by atoms with Gasteiger partial charge >= 0.3 is 0 Å². The van der Waals surface area contributed by atoms with Crippen molar-refractivity contribution in [3.05, 3.63) is 36.1 Å². The van der Waals surface area contributed by atoms with E-state index in [-0.39, 0.29) is 11.3 Å². The van der Waals surface area contributed by atoms with Crippen LogP contribution in [-0.2, 0) is 0 Å². The highest BCUT2D eigenvalue weighted by Gasteiger charge is 2.23. The van der Waals surface area contributed by atoms with Crippen LogP contribution in [0.25, 0.3) is 11.0 Å². The van der Waals surface area contributed by atoms with E-state index in [2.05, 4.69) is 0 Å². The maximum atomic E-state index is 12.4. The molecule has 0 saturated heterocycles. The summed E-state index contributed by atoms with van der Waals surface area (Å²) < 4.78 is 5.40. The summed E-state index contributed by atoms with van der Waals surface area (Å²) in [7, 11) is 1.79. The standard InChI is InChI=1S/C15H20N2O2/c1-15(2,9-16)10-17(3)14(18)12-8-19-13-7-5-4-6-11(12)13/h4-8H,9-10,16H2,1-3H3. The number of hydrogen-bond donors (Lipinski definition) is 1. The summed E-state index contributed by atoms with van der Waals surface area (Å²) in [6.45, 7) is 5.24. The lowest BCUT2D eigenvalue weighted by atomic mass is 9.93. The van der Waals surface area contributed by atoms with Crippen molar-refractivity contribution < 1.29 is 9.21 Å². The van der Waals surface area contributed by atoms with Gasteiger partial charge in [0.1, 0.15) is 11.8 Å². The van der Waals surface area contributed by atoms with E-state index in [1.165, 1.54) is 6.26 Å². The molecule has 0 unspecified atom stereocenters. The number of hydrogen-bond acceptors (Lipinski definition) is 3. The molecule has 2 aromatic rings. The molecule has 1 heterocycles. The molecule has 0 aliphatic rings. The molecule has 4 nitrogen and oxygen atoms in total. The van der Waals surface area contributed by atoms with Crippen LogP contribution in [0.2, 0.25) is 0 Å². The zero-order chi connectivity index (χ0) is 14.0. The van der Waals surface area contributed by atoms with Crippen molar-refractivity contribution in [2.24, 2.45) is 11.1 Å². The molecule has 2 N–H and O–H groups in total. The molecule has 0 radical (unpaired) electrons. The predicted octanol–water partition coefficient (Wildman–Crippen LogP) is 2.49. The SMILES string of the molecule is CN(CC(C)(C)CN)C(=O)c1coc2ccccc12. The molecule has 0 aliphatic heterocycles. The van der Waals surface area contributed by atoms with Crippen molar-refractivity contribution >= 4 is 16.9 Å². The second-order valence-corrected chi connectivity index (χ2v) is 5.68. The van der Waals surface area contributed by atoms with Crippen LogP contribution in [0.3, 0.4) is 0 Å². The molecule has 0 fully saturated rings.